The number of benzene rings is 4. The minimum Gasteiger partial charge on any atom is -0.493 e. The van der Waals surface area contributed by atoms with E-state index in [1.165, 1.54) is 10.3 Å². The number of ether oxygens (including phenoxy) is 4. The molecule has 1 aliphatic carbocycles. The molecule has 0 heterocycles. The molecular formula is C59H82F3NO7S. The second-order valence-electron chi connectivity index (χ2n) is 23.6. The lowest BCUT2D eigenvalue weighted by Crippen LogP contribution is -2.42. The number of carbonyl (C=O) groups is 1. The highest BCUT2D eigenvalue weighted by molar-refractivity contribution is 7.90. The van der Waals surface area contributed by atoms with E-state index < -0.39 is 28.0 Å². The Morgan fingerprint density at radius 3 is 0.873 bits per heavy atom. The minimum absolute atomic E-state index is 0.207. The number of nitrogens with one attached hydrogen (secondary N) is 1. The zero-order valence-corrected chi connectivity index (χ0v) is 46.2. The van der Waals surface area contributed by atoms with E-state index in [0.29, 0.717) is 43.8 Å². The van der Waals surface area contributed by atoms with Crippen molar-refractivity contribution in [3.63, 3.8) is 0 Å². The molecule has 4 aromatic carbocycles. The number of rotatable bonds is 16. The van der Waals surface area contributed by atoms with Gasteiger partial charge in [0.05, 0.1) is 19.8 Å². The fraction of sp³-hybridized carbons (Fsp3) is 0.576. The zero-order valence-electron chi connectivity index (χ0n) is 45.4. The molecule has 71 heavy (non-hydrogen) atoms. The van der Waals surface area contributed by atoms with Gasteiger partial charge in [-0.25, -0.2) is 4.72 Å². The molecule has 0 spiro atoms. The SMILES string of the molecule is CCCCOc1c2cc(C(C)(C)C)cc1Cc1cc(C(C)(C)C)cc(c1OCCCC)Cc1cc(C(C)(C)C)cc(c1OCC(=O)NS(=O)(=O)C(F)(F)F)Cc1cc(C(C)(C)C)cc(c1OCCCC)C2. The summed E-state index contributed by atoms with van der Waals surface area (Å²) in [5.41, 5.74) is 4.60. The number of halogens is 3. The molecule has 1 aliphatic rings. The van der Waals surface area contributed by atoms with Gasteiger partial charge in [0.15, 0.2) is 6.61 Å². The Kier molecular flexibility index (Phi) is 18.2. The van der Waals surface area contributed by atoms with E-state index in [1.54, 1.807) is 0 Å². The highest BCUT2D eigenvalue weighted by Crippen LogP contribution is 2.44. The molecule has 5 rings (SSSR count). The summed E-state index contributed by atoms with van der Waals surface area (Å²) in [5.74, 6) is 1.16. The third-order valence-electron chi connectivity index (χ3n) is 13.1. The molecule has 0 aliphatic heterocycles. The Hall–Kier alpha value is -4.71. The zero-order chi connectivity index (χ0) is 52.9. The first-order valence-electron chi connectivity index (χ1n) is 25.7. The summed E-state index contributed by atoms with van der Waals surface area (Å²) in [6, 6.07) is 17.6. The van der Waals surface area contributed by atoms with Crippen LogP contribution in [0.5, 0.6) is 23.0 Å². The van der Waals surface area contributed by atoms with Gasteiger partial charge in [-0.15, -0.1) is 0 Å². The van der Waals surface area contributed by atoms with Gasteiger partial charge in [-0.3, -0.25) is 4.79 Å². The van der Waals surface area contributed by atoms with E-state index >= 15 is 0 Å². The van der Waals surface area contributed by atoms with E-state index in [1.807, 2.05) is 12.1 Å². The van der Waals surface area contributed by atoms with Gasteiger partial charge in [0.2, 0.25) is 0 Å². The lowest BCUT2D eigenvalue weighted by molar-refractivity contribution is -0.122. The normalized spacial score (nSPS) is 13.7. The number of hydrogen-bond acceptors (Lipinski definition) is 7. The third-order valence-corrected chi connectivity index (χ3v) is 14.2. The van der Waals surface area contributed by atoms with Crippen molar-refractivity contribution in [3.05, 3.63) is 115 Å². The Balaban J connectivity index is 2.00. The maximum Gasteiger partial charge on any atom is 0.516 e. The molecule has 0 radical (unpaired) electrons. The van der Waals surface area contributed by atoms with Crippen molar-refractivity contribution in [1.29, 1.82) is 0 Å². The molecule has 1 N–H and O–H groups in total. The van der Waals surface area contributed by atoms with Crippen LogP contribution in [-0.4, -0.2) is 46.3 Å². The number of unbranched alkanes of at least 4 members (excludes halogenated alkanes) is 3. The van der Waals surface area contributed by atoms with Crippen LogP contribution in [0.1, 0.15) is 209 Å². The lowest BCUT2D eigenvalue weighted by Gasteiger charge is -2.29. The average molecular weight is 1010 g/mol. The second kappa shape index (κ2) is 22.6. The Labute approximate surface area is 424 Å². The summed E-state index contributed by atoms with van der Waals surface area (Å²) in [5, 5.41) is 0. The number of alkyl halides is 3. The van der Waals surface area contributed by atoms with Crippen molar-refractivity contribution in [2.45, 2.75) is 195 Å². The average Bonchev–Trinajstić information content (AvgIpc) is 3.23. The number of hydrogen-bond donors (Lipinski definition) is 1. The van der Waals surface area contributed by atoms with E-state index in [-0.39, 0.29) is 40.3 Å². The second-order valence-corrected chi connectivity index (χ2v) is 25.2. The predicted octanol–water partition coefficient (Wildman–Crippen LogP) is 14.4. The highest BCUT2D eigenvalue weighted by atomic mass is 32.2. The van der Waals surface area contributed by atoms with Gasteiger partial charge >= 0.3 is 15.5 Å². The van der Waals surface area contributed by atoms with E-state index in [9.17, 15) is 26.4 Å². The van der Waals surface area contributed by atoms with Crippen molar-refractivity contribution in [2.75, 3.05) is 26.4 Å². The monoisotopic (exact) mass is 1010 g/mol. The summed E-state index contributed by atoms with van der Waals surface area (Å²) in [4.78, 5) is 13.3. The smallest absolute Gasteiger partial charge is 0.493 e. The van der Waals surface area contributed by atoms with Crippen LogP contribution < -0.4 is 23.7 Å². The molecule has 8 nitrogen and oxygen atoms in total. The number of sulfonamides is 1. The minimum atomic E-state index is -5.99. The van der Waals surface area contributed by atoms with Gasteiger partial charge in [-0.1, -0.05) is 172 Å². The fourth-order valence-corrected chi connectivity index (χ4v) is 9.17. The summed E-state index contributed by atoms with van der Waals surface area (Å²) >= 11 is 0. The number of carbonyl (C=O) groups excluding carboxylic acids is 1. The van der Waals surface area contributed by atoms with Crippen molar-refractivity contribution in [1.82, 2.24) is 4.72 Å². The van der Waals surface area contributed by atoms with Crippen molar-refractivity contribution in [2.24, 2.45) is 0 Å². The van der Waals surface area contributed by atoms with Gasteiger partial charge in [-0.05, 0) is 108 Å². The van der Waals surface area contributed by atoms with Gasteiger partial charge in [0.25, 0.3) is 5.91 Å². The fourth-order valence-electron chi connectivity index (χ4n) is 8.69. The number of amides is 1. The topological polar surface area (TPSA) is 100 Å². The standard InChI is InChI=1S/C59H82F3NO7S/c1-16-19-22-67-51-38-25-40-31-47(56(7,8)9)33-42(52(40)68-23-20-17-2)27-44-35-49(58(13,14)15)36-45(54(44)70-37-50(64)63-71(65,66)59(60,61)62)28-43-34-48(57(10,11)12)32-41(53(43)69-24-21-18-3)26-39(51)30-46(29-38)55(4,5)6/h29-36H,16-28,37H2,1-15H3,(H,63,64). The molecule has 0 unspecified atom stereocenters. The van der Waals surface area contributed by atoms with Crippen LogP contribution in [0.2, 0.25) is 0 Å². The van der Waals surface area contributed by atoms with Gasteiger partial charge < -0.3 is 18.9 Å². The molecule has 0 atom stereocenters. The van der Waals surface area contributed by atoms with E-state index in [0.717, 1.165) is 106 Å². The van der Waals surface area contributed by atoms with Crippen LogP contribution in [0.25, 0.3) is 0 Å². The summed E-state index contributed by atoms with van der Waals surface area (Å²) < 4.78 is 93.5. The molecule has 0 saturated heterocycles. The maximum absolute atomic E-state index is 13.6. The van der Waals surface area contributed by atoms with E-state index in [2.05, 4.69) is 140 Å². The summed E-state index contributed by atoms with van der Waals surface area (Å²) in [7, 11) is -5.99. The molecule has 0 fully saturated rings. The van der Waals surface area contributed by atoms with Crippen molar-refractivity contribution in [3.8, 4) is 23.0 Å². The molecule has 8 bridgehead atoms. The van der Waals surface area contributed by atoms with Crippen molar-refractivity contribution < 1.29 is 45.3 Å². The first-order chi connectivity index (χ1) is 32.9. The largest absolute Gasteiger partial charge is 0.516 e. The van der Waals surface area contributed by atoms with Crippen LogP contribution >= 0.6 is 0 Å². The molecule has 0 saturated carbocycles. The Bertz CT molecular complexity index is 2500. The van der Waals surface area contributed by atoms with Gasteiger partial charge in [-0.2, -0.15) is 21.6 Å². The van der Waals surface area contributed by atoms with E-state index in [4.69, 9.17) is 18.9 Å². The summed E-state index contributed by atoms with van der Waals surface area (Å²) in [6.07, 6.45) is 6.84. The Morgan fingerprint density at radius 2 is 0.676 bits per heavy atom. The van der Waals surface area contributed by atoms with Crippen molar-refractivity contribution >= 4 is 15.9 Å². The molecular weight excluding hydrogens is 924 g/mol. The van der Waals surface area contributed by atoms with Crippen LogP contribution in [-0.2, 0) is 62.2 Å². The summed E-state index contributed by atoms with van der Waals surface area (Å²) in [6.45, 7) is 33.1. The van der Waals surface area contributed by atoms with Crippen LogP contribution in [0.4, 0.5) is 13.2 Å². The highest BCUT2D eigenvalue weighted by Gasteiger charge is 2.47. The van der Waals surface area contributed by atoms with Gasteiger partial charge in [0, 0.05) is 25.7 Å². The molecule has 392 valence electrons. The third kappa shape index (κ3) is 14.7. The first-order valence-corrected chi connectivity index (χ1v) is 27.1. The molecule has 0 aromatic heterocycles. The Morgan fingerprint density at radius 1 is 0.451 bits per heavy atom. The quantitative estimate of drug-likeness (QED) is 0.0983. The molecule has 4 aromatic rings. The maximum atomic E-state index is 13.6. The first kappa shape index (κ1) is 57.2. The lowest BCUT2D eigenvalue weighted by atomic mass is 9.79. The van der Waals surface area contributed by atoms with Crippen LogP contribution in [0.3, 0.4) is 0 Å². The van der Waals surface area contributed by atoms with Crippen LogP contribution in [0.15, 0.2) is 48.5 Å². The number of fused-ring (bicyclic) bond motifs is 8. The van der Waals surface area contributed by atoms with Crippen LogP contribution in [0, 0.1) is 0 Å². The molecule has 1 amide bonds. The predicted molar refractivity (Wildman–Crippen MR) is 282 cm³/mol. The molecule has 12 heteroatoms. The van der Waals surface area contributed by atoms with Gasteiger partial charge in [0.1, 0.15) is 23.0 Å².